The Hall–Kier alpha value is -1.57. The number of aromatic hydroxyl groups is 1. The Balaban J connectivity index is 1.80. The van der Waals surface area contributed by atoms with Crippen LogP contribution in [0.4, 0.5) is 11.4 Å². The number of nitrogens with one attached hydrogen (secondary N) is 1. The molecule has 1 aliphatic carbocycles. The molecule has 4 heterocycles. The third-order valence-electron chi connectivity index (χ3n) is 5.69. The number of benzene rings is 1. The molecule has 0 saturated carbocycles. The number of nitrogens with zero attached hydrogens (tertiary/aromatic N) is 2. The number of halogens is 1. The highest BCUT2D eigenvalue weighted by molar-refractivity contribution is 9.11. The van der Waals surface area contributed by atoms with Crippen LogP contribution in [0, 0.1) is 0 Å². The third-order valence-corrected chi connectivity index (χ3v) is 7.71. The number of phenols is 1. The summed E-state index contributed by atoms with van der Waals surface area (Å²) in [4.78, 5) is 10.4. The number of aliphatic hydroxyl groups excluding tert-OH is 1. The monoisotopic (exact) mass is 415 g/mol. The molecule has 2 bridgehead atoms. The first kappa shape index (κ1) is 14.6. The van der Waals surface area contributed by atoms with Crippen molar-refractivity contribution in [3.8, 4) is 5.75 Å². The molecule has 5 aliphatic rings. The van der Waals surface area contributed by atoms with Gasteiger partial charge in [0, 0.05) is 32.9 Å². The molecule has 3 N–H and O–H groups in total. The zero-order valence-corrected chi connectivity index (χ0v) is 15.5. The molecule has 0 unspecified atom stereocenters. The van der Waals surface area contributed by atoms with Crippen molar-refractivity contribution in [2.24, 2.45) is 9.98 Å². The number of hydrogen-bond acceptors (Lipinski definition) is 6. The van der Waals surface area contributed by atoms with Gasteiger partial charge in [-0.25, -0.2) is 0 Å². The summed E-state index contributed by atoms with van der Waals surface area (Å²) in [5, 5.41) is 26.8. The Bertz CT molecular complexity index is 1090. The molecular formula is C18H14BrN3O2S. The fraction of sp³-hybridized carbons (Fsp3) is 0.333. The van der Waals surface area contributed by atoms with E-state index in [0.29, 0.717) is 5.69 Å². The van der Waals surface area contributed by atoms with E-state index < -0.39 is 6.10 Å². The second kappa shape index (κ2) is 4.58. The molecule has 25 heavy (non-hydrogen) atoms. The second-order valence-electron chi connectivity index (χ2n) is 7.02. The van der Waals surface area contributed by atoms with Crippen LogP contribution >= 0.6 is 27.7 Å². The summed E-state index contributed by atoms with van der Waals surface area (Å²) in [5.74, 6) is 0.221. The molecule has 7 heteroatoms. The number of fused-ring (bicyclic) bond motifs is 3. The zero-order valence-electron chi connectivity index (χ0n) is 13.1. The van der Waals surface area contributed by atoms with E-state index in [-0.39, 0.29) is 16.5 Å². The predicted octanol–water partition coefficient (Wildman–Crippen LogP) is 1.95. The molecule has 1 aromatic carbocycles. The molecule has 1 fully saturated rings. The van der Waals surface area contributed by atoms with Gasteiger partial charge in [0.2, 0.25) is 0 Å². The van der Waals surface area contributed by atoms with Crippen LogP contribution in [0.1, 0.15) is 18.4 Å². The Morgan fingerprint density at radius 2 is 2.28 bits per heavy atom. The van der Waals surface area contributed by atoms with Gasteiger partial charge in [-0.1, -0.05) is 22.0 Å². The van der Waals surface area contributed by atoms with Crippen LogP contribution in [0.5, 0.6) is 5.75 Å². The van der Waals surface area contributed by atoms with Crippen LogP contribution in [0.15, 0.2) is 31.5 Å². The van der Waals surface area contributed by atoms with Gasteiger partial charge in [-0.3, -0.25) is 9.98 Å². The molecule has 5 nitrogen and oxygen atoms in total. The van der Waals surface area contributed by atoms with Gasteiger partial charge in [0.05, 0.1) is 21.8 Å². The first-order valence-corrected chi connectivity index (χ1v) is 9.99. The highest BCUT2D eigenvalue weighted by Gasteiger charge is 2.53. The quantitative estimate of drug-likeness (QED) is 0.565. The Morgan fingerprint density at radius 1 is 1.40 bits per heavy atom. The molecule has 1 saturated heterocycles. The molecule has 1 spiro atoms. The number of allylic oxidation sites excluding steroid dienone is 2. The fourth-order valence-corrected chi connectivity index (χ4v) is 6.67. The van der Waals surface area contributed by atoms with Crippen LogP contribution in [0.2, 0.25) is 0 Å². The fourth-order valence-electron chi connectivity index (χ4n) is 4.65. The molecular weight excluding hydrogens is 402 g/mol. The lowest BCUT2D eigenvalue weighted by Gasteiger charge is -2.37. The summed E-state index contributed by atoms with van der Waals surface area (Å²) >= 11 is 5.26. The molecule has 126 valence electrons. The molecule has 0 amide bonds. The van der Waals surface area contributed by atoms with E-state index in [4.69, 9.17) is 4.99 Å². The van der Waals surface area contributed by atoms with Crippen molar-refractivity contribution in [1.29, 1.82) is 0 Å². The van der Waals surface area contributed by atoms with E-state index >= 15 is 0 Å². The van der Waals surface area contributed by atoms with Gasteiger partial charge in [0.1, 0.15) is 11.8 Å². The van der Waals surface area contributed by atoms with Crippen LogP contribution in [-0.2, 0) is 5.41 Å². The molecule has 0 radical (unpaired) electrons. The lowest BCUT2D eigenvalue weighted by molar-refractivity contribution is 0.263. The van der Waals surface area contributed by atoms with Gasteiger partial charge in [0.15, 0.2) is 5.75 Å². The molecule has 6 rings (SSSR count). The SMILES string of the molecule is Oc1c2c(c3c4c1N=CC=4CCN=3)[C@]13C=C(Br)[C@@H](O)C=C1S[C@@H](C3)N2. The third kappa shape index (κ3) is 1.65. The van der Waals surface area contributed by atoms with Gasteiger partial charge in [-0.2, -0.15) is 0 Å². The van der Waals surface area contributed by atoms with E-state index in [9.17, 15) is 10.2 Å². The van der Waals surface area contributed by atoms with Gasteiger partial charge in [0.25, 0.3) is 0 Å². The largest absolute Gasteiger partial charge is 0.504 e. The Kier molecular flexibility index (Phi) is 2.67. The van der Waals surface area contributed by atoms with E-state index in [1.807, 2.05) is 12.3 Å². The smallest absolute Gasteiger partial charge is 0.165 e. The van der Waals surface area contributed by atoms with Gasteiger partial charge in [-0.15, -0.1) is 11.8 Å². The normalized spacial score (nSPS) is 33.0. The molecule has 3 atom stereocenters. The lowest BCUT2D eigenvalue weighted by atomic mass is 9.71. The van der Waals surface area contributed by atoms with Gasteiger partial charge < -0.3 is 15.5 Å². The van der Waals surface area contributed by atoms with Crippen molar-refractivity contribution < 1.29 is 10.2 Å². The average molecular weight is 416 g/mol. The summed E-state index contributed by atoms with van der Waals surface area (Å²) in [6, 6.07) is 0. The number of aliphatic imine (C=N–C) groups is 1. The minimum atomic E-state index is -0.613. The summed E-state index contributed by atoms with van der Waals surface area (Å²) in [7, 11) is 0. The maximum atomic E-state index is 10.9. The van der Waals surface area contributed by atoms with Crippen LogP contribution in [0.25, 0.3) is 5.57 Å². The number of hydrogen-bond donors (Lipinski definition) is 3. The standard InChI is InChI=1S/C18H14BrN3O2S/c19-8-4-18-5-11(25-10(18)3-9(8)23)22-16-13(18)14-12-7(1-2-20-14)6-21-15(12)17(16)24/h3-4,6,9,11,22-24H,1-2,5H2/t9-,11-,18-/m0/s1. The predicted molar refractivity (Wildman–Crippen MR) is 102 cm³/mol. The van der Waals surface area contributed by atoms with Crippen molar-refractivity contribution in [2.75, 3.05) is 11.9 Å². The van der Waals surface area contributed by atoms with Crippen molar-refractivity contribution >= 4 is 50.9 Å². The number of rotatable bonds is 0. The summed E-state index contributed by atoms with van der Waals surface area (Å²) in [6.07, 6.45) is 7.04. The first-order valence-electron chi connectivity index (χ1n) is 8.31. The maximum Gasteiger partial charge on any atom is 0.165 e. The highest BCUT2D eigenvalue weighted by Crippen LogP contribution is 2.61. The number of anilines is 1. The molecule has 0 aromatic heterocycles. The average Bonchev–Trinajstić information content (AvgIpc) is 3.13. The van der Waals surface area contributed by atoms with E-state index in [0.717, 1.165) is 56.2 Å². The van der Waals surface area contributed by atoms with Crippen molar-refractivity contribution in [3.05, 3.63) is 37.7 Å². The van der Waals surface area contributed by atoms with Crippen LogP contribution in [0.3, 0.4) is 0 Å². The van der Waals surface area contributed by atoms with E-state index in [2.05, 4.69) is 32.3 Å². The summed E-state index contributed by atoms with van der Waals surface area (Å²) in [5.41, 5.74) is 3.24. The number of thioether (sulfide) groups is 1. The highest BCUT2D eigenvalue weighted by atomic mass is 79.9. The molecule has 4 aliphatic heterocycles. The first-order chi connectivity index (χ1) is 12.1. The Morgan fingerprint density at radius 3 is 3.16 bits per heavy atom. The van der Waals surface area contributed by atoms with Crippen molar-refractivity contribution in [1.82, 2.24) is 0 Å². The van der Waals surface area contributed by atoms with Gasteiger partial charge >= 0.3 is 0 Å². The number of phenolic OH excluding ortho intramolecular Hbond substituents is 1. The minimum Gasteiger partial charge on any atom is -0.504 e. The lowest BCUT2D eigenvalue weighted by Crippen LogP contribution is -2.44. The minimum absolute atomic E-state index is 0.161. The summed E-state index contributed by atoms with van der Waals surface area (Å²) < 4.78 is 0.772. The molecule has 1 aromatic rings. The van der Waals surface area contributed by atoms with E-state index in [1.54, 1.807) is 11.8 Å². The van der Waals surface area contributed by atoms with Crippen molar-refractivity contribution in [2.45, 2.75) is 29.7 Å². The van der Waals surface area contributed by atoms with E-state index in [1.165, 1.54) is 0 Å². The van der Waals surface area contributed by atoms with Crippen LogP contribution in [-0.4, -0.2) is 34.5 Å². The topological polar surface area (TPSA) is 77.2 Å². The Labute approximate surface area is 156 Å². The summed E-state index contributed by atoms with van der Waals surface area (Å²) in [6.45, 7) is 0.740. The van der Waals surface area contributed by atoms with Crippen molar-refractivity contribution in [3.63, 3.8) is 0 Å². The van der Waals surface area contributed by atoms with Crippen LogP contribution < -0.4 is 15.9 Å². The van der Waals surface area contributed by atoms with Gasteiger partial charge in [-0.05, 0) is 24.5 Å². The zero-order chi connectivity index (χ0) is 16.9. The number of aliphatic hydroxyl groups is 1. The maximum absolute atomic E-state index is 10.9. The second-order valence-corrected chi connectivity index (χ2v) is 9.18.